The van der Waals surface area contributed by atoms with Gasteiger partial charge in [0.15, 0.2) is 0 Å². The molecule has 1 N–H and O–H groups in total. The average Bonchev–Trinajstić information content (AvgIpc) is 3.00. The van der Waals surface area contributed by atoms with E-state index in [-0.39, 0.29) is 6.03 Å². The molecule has 22 heavy (non-hydrogen) atoms. The lowest BCUT2D eigenvalue weighted by molar-refractivity contribution is 0.216. The molecule has 0 atom stereocenters. The topological polar surface area (TPSA) is 63.9 Å². The summed E-state index contributed by atoms with van der Waals surface area (Å²) in [5, 5.41) is 3.13. The van der Waals surface area contributed by atoms with Crippen LogP contribution in [0.5, 0.6) is 11.5 Å². The van der Waals surface area contributed by atoms with Crippen molar-refractivity contribution >= 4 is 23.3 Å². The van der Waals surface area contributed by atoms with Crippen molar-refractivity contribution in [3.8, 4) is 11.5 Å². The van der Waals surface area contributed by atoms with Gasteiger partial charge in [-0.25, -0.2) is 4.79 Å². The third-order valence-electron chi connectivity index (χ3n) is 3.04. The smallest absolute Gasteiger partial charge is 0.322 e. The Hall–Kier alpha value is -2.34. The first-order chi connectivity index (χ1) is 10.5. The maximum absolute atomic E-state index is 12.2. The molecule has 0 fully saturated rings. The molecule has 0 unspecified atom stereocenters. The van der Waals surface area contributed by atoms with Gasteiger partial charge in [-0.3, -0.25) is 0 Å². The van der Waals surface area contributed by atoms with Gasteiger partial charge >= 0.3 is 6.03 Å². The van der Waals surface area contributed by atoms with E-state index in [0.717, 1.165) is 0 Å². The number of benzene rings is 1. The van der Waals surface area contributed by atoms with Crippen LogP contribution in [0, 0.1) is 0 Å². The zero-order chi connectivity index (χ0) is 16.1. The number of hydrogen-bond donors (Lipinski definition) is 1. The summed E-state index contributed by atoms with van der Waals surface area (Å²) in [6.07, 6.45) is 1.56. The summed E-state index contributed by atoms with van der Waals surface area (Å²) in [6.45, 7) is 0.352. The fourth-order valence-corrected chi connectivity index (χ4v) is 2.12. The Balaban J connectivity index is 2.12. The van der Waals surface area contributed by atoms with E-state index in [2.05, 4.69) is 5.32 Å². The molecule has 2 amide bonds. The predicted octanol–water partition coefficient (Wildman–Crippen LogP) is 3.61. The van der Waals surface area contributed by atoms with Gasteiger partial charge in [0, 0.05) is 13.1 Å². The molecule has 0 radical (unpaired) electrons. The summed E-state index contributed by atoms with van der Waals surface area (Å²) in [5.41, 5.74) is 0.463. The van der Waals surface area contributed by atoms with Crippen molar-refractivity contribution < 1.29 is 18.7 Å². The highest BCUT2D eigenvalue weighted by atomic mass is 35.5. The minimum absolute atomic E-state index is 0.309. The number of urea groups is 1. The van der Waals surface area contributed by atoms with Gasteiger partial charge in [0.05, 0.1) is 37.7 Å². The molecule has 7 heteroatoms. The van der Waals surface area contributed by atoms with Crippen LogP contribution in [0.15, 0.2) is 34.9 Å². The average molecular weight is 325 g/mol. The lowest BCUT2D eigenvalue weighted by Crippen LogP contribution is -2.30. The highest BCUT2D eigenvalue weighted by Crippen LogP contribution is 2.35. The Morgan fingerprint density at radius 3 is 2.64 bits per heavy atom. The number of halogens is 1. The fraction of sp³-hybridized carbons (Fsp3) is 0.267. The minimum atomic E-state index is -0.309. The zero-order valence-electron chi connectivity index (χ0n) is 12.6. The van der Waals surface area contributed by atoms with Crippen LogP contribution in [0.2, 0.25) is 5.02 Å². The van der Waals surface area contributed by atoms with Gasteiger partial charge in [0.25, 0.3) is 0 Å². The van der Waals surface area contributed by atoms with E-state index in [1.54, 1.807) is 37.6 Å². The molecule has 1 aromatic heterocycles. The van der Waals surface area contributed by atoms with Crippen molar-refractivity contribution in [3.63, 3.8) is 0 Å². The van der Waals surface area contributed by atoms with Crippen LogP contribution in [-0.2, 0) is 6.54 Å². The molecule has 0 bridgehead atoms. The highest BCUT2D eigenvalue weighted by molar-refractivity contribution is 6.32. The van der Waals surface area contributed by atoms with Crippen LogP contribution >= 0.6 is 11.6 Å². The van der Waals surface area contributed by atoms with Crippen molar-refractivity contribution in [2.45, 2.75) is 6.54 Å². The second kappa shape index (κ2) is 7.09. The van der Waals surface area contributed by atoms with Crippen LogP contribution in [0.3, 0.4) is 0 Å². The van der Waals surface area contributed by atoms with E-state index < -0.39 is 0 Å². The number of amides is 2. The summed E-state index contributed by atoms with van der Waals surface area (Å²) in [4.78, 5) is 13.7. The summed E-state index contributed by atoms with van der Waals surface area (Å²) < 4.78 is 15.6. The van der Waals surface area contributed by atoms with E-state index in [1.165, 1.54) is 19.1 Å². The first kappa shape index (κ1) is 16.0. The largest absolute Gasteiger partial charge is 0.495 e. The van der Waals surface area contributed by atoms with Gasteiger partial charge in [-0.2, -0.15) is 0 Å². The molecule has 0 saturated heterocycles. The Kier molecular flexibility index (Phi) is 5.16. The van der Waals surface area contributed by atoms with Crippen molar-refractivity contribution in [1.82, 2.24) is 4.90 Å². The highest BCUT2D eigenvalue weighted by Gasteiger charge is 2.15. The molecule has 2 aromatic rings. The number of nitrogens with one attached hydrogen (secondary N) is 1. The first-order valence-corrected chi connectivity index (χ1v) is 6.89. The lowest BCUT2D eigenvalue weighted by atomic mass is 10.2. The van der Waals surface area contributed by atoms with Gasteiger partial charge in [0.2, 0.25) is 0 Å². The number of anilines is 1. The summed E-state index contributed by atoms with van der Waals surface area (Å²) in [6, 6.07) is 6.46. The van der Waals surface area contributed by atoms with Crippen LogP contribution < -0.4 is 14.8 Å². The van der Waals surface area contributed by atoms with Gasteiger partial charge in [-0.05, 0) is 18.2 Å². The number of ether oxygens (including phenoxy) is 2. The molecule has 6 nitrogen and oxygen atoms in total. The molecule has 0 aliphatic heterocycles. The molecule has 0 aliphatic carbocycles. The monoisotopic (exact) mass is 324 g/mol. The van der Waals surface area contributed by atoms with Gasteiger partial charge in [-0.15, -0.1) is 0 Å². The Morgan fingerprint density at radius 1 is 1.32 bits per heavy atom. The van der Waals surface area contributed by atoms with Gasteiger partial charge < -0.3 is 24.1 Å². The molecule has 0 saturated carbocycles. The number of methoxy groups -OCH3 is 2. The maximum atomic E-state index is 12.2. The molecule has 1 aromatic carbocycles. The fourth-order valence-electron chi connectivity index (χ4n) is 1.88. The third-order valence-corrected chi connectivity index (χ3v) is 3.33. The summed E-state index contributed by atoms with van der Waals surface area (Å²) in [5.74, 6) is 1.62. The van der Waals surface area contributed by atoms with Crippen LogP contribution in [0.1, 0.15) is 5.76 Å². The van der Waals surface area contributed by atoms with E-state index in [0.29, 0.717) is 34.5 Å². The standard InChI is InChI=1S/C15H17ClN2O4/c1-18(9-10-5-4-6-22-10)15(19)17-12-7-11(16)13(20-2)8-14(12)21-3/h4-8H,9H2,1-3H3,(H,17,19). The number of hydrogen-bond acceptors (Lipinski definition) is 4. The number of nitrogens with zero attached hydrogens (tertiary/aromatic N) is 1. The predicted molar refractivity (Wildman–Crippen MR) is 83.7 cm³/mol. The number of carbonyl (C=O) groups is 1. The van der Waals surface area contributed by atoms with Crippen LogP contribution in [0.25, 0.3) is 0 Å². The Labute approximate surface area is 133 Å². The van der Waals surface area contributed by atoms with Crippen LogP contribution in [-0.4, -0.2) is 32.2 Å². The number of furan rings is 1. The summed E-state index contributed by atoms with van der Waals surface area (Å²) >= 11 is 6.08. The molecule has 0 spiro atoms. The normalized spacial score (nSPS) is 10.2. The molecule has 0 aliphatic rings. The van der Waals surface area contributed by atoms with Crippen molar-refractivity contribution in [1.29, 1.82) is 0 Å². The number of carbonyl (C=O) groups excluding carboxylic acids is 1. The molecule has 2 rings (SSSR count). The quantitative estimate of drug-likeness (QED) is 0.912. The number of rotatable bonds is 5. The van der Waals surface area contributed by atoms with Gasteiger partial charge in [-0.1, -0.05) is 11.6 Å². The second-order valence-corrected chi connectivity index (χ2v) is 4.96. The lowest BCUT2D eigenvalue weighted by Gasteiger charge is -2.18. The molecule has 118 valence electrons. The van der Waals surface area contributed by atoms with E-state index >= 15 is 0 Å². The van der Waals surface area contributed by atoms with Crippen LogP contribution in [0.4, 0.5) is 10.5 Å². The molecular weight excluding hydrogens is 308 g/mol. The van der Waals surface area contributed by atoms with Crippen molar-refractivity contribution in [2.24, 2.45) is 0 Å². The van der Waals surface area contributed by atoms with E-state index in [4.69, 9.17) is 25.5 Å². The summed E-state index contributed by atoms with van der Waals surface area (Å²) in [7, 11) is 4.68. The molecular formula is C15H17ClN2O4. The van der Waals surface area contributed by atoms with Gasteiger partial charge in [0.1, 0.15) is 17.3 Å². The second-order valence-electron chi connectivity index (χ2n) is 4.55. The Morgan fingerprint density at radius 2 is 2.05 bits per heavy atom. The minimum Gasteiger partial charge on any atom is -0.495 e. The first-order valence-electron chi connectivity index (χ1n) is 6.51. The Bertz CT molecular complexity index is 643. The van der Waals surface area contributed by atoms with Crippen molar-refractivity contribution in [3.05, 3.63) is 41.3 Å². The van der Waals surface area contributed by atoms with E-state index in [9.17, 15) is 4.79 Å². The third kappa shape index (κ3) is 3.65. The maximum Gasteiger partial charge on any atom is 0.322 e. The SMILES string of the molecule is COc1cc(OC)c(NC(=O)N(C)Cc2ccco2)cc1Cl. The zero-order valence-corrected chi connectivity index (χ0v) is 13.3. The molecule has 1 heterocycles. The van der Waals surface area contributed by atoms with Crippen molar-refractivity contribution in [2.75, 3.05) is 26.6 Å². The van der Waals surface area contributed by atoms with E-state index in [1.807, 2.05) is 0 Å².